The Bertz CT molecular complexity index is 313. The highest BCUT2D eigenvalue weighted by atomic mass is 16.3. The minimum atomic E-state index is -0.00622. The standard InChI is InChI=1S/C15H24O/c1-5-13-6-8-14(9-7-13)10-15(4,11-16)12(2)3/h6-9,12,16H,5,10-11H2,1-4H3. The number of benzene rings is 1. The number of aliphatic hydroxyl groups excluding tert-OH is 1. The van der Waals surface area contributed by atoms with E-state index in [-0.39, 0.29) is 12.0 Å². The lowest BCUT2D eigenvalue weighted by Gasteiger charge is -2.31. The predicted octanol–water partition coefficient (Wildman–Crippen LogP) is 3.45. The second-order valence-corrected chi connectivity index (χ2v) is 5.31. The van der Waals surface area contributed by atoms with E-state index < -0.39 is 0 Å². The molecule has 1 atom stereocenters. The van der Waals surface area contributed by atoms with Crippen LogP contribution in [0.4, 0.5) is 0 Å². The monoisotopic (exact) mass is 220 g/mol. The van der Waals surface area contributed by atoms with Gasteiger partial charge in [0.1, 0.15) is 0 Å². The van der Waals surface area contributed by atoms with Crippen LogP contribution in [0.5, 0.6) is 0 Å². The van der Waals surface area contributed by atoms with Crippen LogP contribution in [0.2, 0.25) is 0 Å². The third-order valence-corrected chi connectivity index (χ3v) is 3.79. The normalized spacial score (nSPS) is 15.1. The maximum atomic E-state index is 9.52. The van der Waals surface area contributed by atoms with Crippen molar-refractivity contribution in [2.24, 2.45) is 11.3 Å². The van der Waals surface area contributed by atoms with E-state index in [2.05, 4.69) is 52.0 Å². The summed E-state index contributed by atoms with van der Waals surface area (Å²) in [6.07, 6.45) is 2.03. The van der Waals surface area contributed by atoms with Crippen molar-refractivity contribution in [3.63, 3.8) is 0 Å². The second-order valence-electron chi connectivity index (χ2n) is 5.31. The fourth-order valence-corrected chi connectivity index (χ4v) is 1.80. The molecule has 0 aliphatic heterocycles. The molecule has 0 fully saturated rings. The van der Waals surface area contributed by atoms with Gasteiger partial charge in [0.05, 0.1) is 0 Å². The Labute approximate surface area is 99.5 Å². The van der Waals surface area contributed by atoms with Crippen molar-refractivity contribution in [3.05, 3.63) is 35.4 Å². The summed E-state index contributed by atoms with van der Waals surface area (Å²) >= 11 is 0. The number of aliphatic hydroxyl groups is 1. The zero-order valence-corrected chi connectivity index (χ0v) is 11.0. The summed E-state index contributed by atoms with van der Waals surface area (Å²) in [5, 5.41) is 9.52. The average molecular weight is 220 g/mol. The van der Waals surface area contributed by atoms with Crippen molar-refractivity contribution in [3.8, 4) is 0 Å². The molecule has 90 valence electrons. The van der Waals surface area contributed by atoms with Gasteiger partial charge in [0, 0.05) is 6.61 Å². The van der Waals surface area contributed by atoms with Gasteiger partial charge in [0.15, 0.2) is 0 Å². The van der Waals surface area contributed by atoms with E-state index in [0.717, 1.165) is 12.8 Å². The van der Waals surface area contributed by atoms with E-state index in [4.69, 9.17) is 0 Å². The fraction of sp³-hybridized carbons (Fsp3) is 0.600. The molecule has 1 rings (SSSR count). The summed E-state index contributed by atoms with van der Waals surface area (Å²) < 4.78 is 0. The van der Waals surface area contributed by atoms with Crippen molar-refractivity contribution in [2.75, 3.05) is 6.61 Å². The van der Waals surface area contributed by atoms with Gasteiger partial charge >= 0.3 is 0 Å². The Kier molecular flexibility index (Phi) is 4.55. The molecule has 0 saturated heterocycles. The first-order chi connectivity index (χ1) is 7.51. The SMILES string of the molecule is CCc1ccc(CC(C)(CO)C(C)C)cc1. The van der Waals surface area contributed by atoms with Gasteiger partial charge in [-0.15, -0.1) is 0 Å². The zero-order valence-electron chi connectivity index (χ0n) is 11.0. The summed E-state index contributed by atoms with van der Waals surface area (Å²) in [6.45, 7) is 8.93. The number of hydrogen-bond donors (Lipinski definition) is 1. The largest absolute Gasteiger partial charge is 0.396 e. The maximum absolute atomic E-state index is 9.52. The van der Waals surface area contributed by atoms with Crippen molar-refractivity contribution < 1.29 is 5.11 Å². The third-order valence-electron chi connectivity index (χ3n) is 3.79. The zero-order chi connectivity index (χ0) is 12.2. The molecule has 0 aliphatic rings. The first-order valence-corrected chi connectivity index (χ1v) is 6.20. The molecule has 1 N–H and O–H groups in total. The molecule has 0 saturated carbocycles. The highest BCUT2D eigenvalue weighted by Gasteiger charge is 2.27. The molecule has 0 radical (unpaired) electrons. The predicted molar refractivity (Wildman–Crippen MR) is 69.6 cm³/mol. The number of aryl methyl sites for hydroxylation is 1. The van der Waals surface area contributed by atoms with Crippen LogP contribution in [0.3, 0.4) is 0 Å². The molecule has 0 bridgehead atoms. The molecule has 1 nitrogen and oxygen atoms in total. The first-order valence-electron chi connectivity index (χ1n) is 6.20. The van der Waals surface area contributed by atoms with Crippen LogP contribution in [0.25, 0.3) is 0 Å². The fourth-order valence-electron chi connectivity index (χ4n) is 1.80. The molecule has 1 aromatic carbocycles. The molecule has 0 aliphatic carbocycles. The quantitative estimate of drug-likeness (QED) is 0.806. The van der Waals surface area contributed by atoms with Gasteiger partial charge in [0.25, 0.3) is 0 Å². The Hall–Kier alpha value is -0.820. The van der Waals surface area contributed by atoms with E-state index in [1.807, 2.05) is 0 Å². The molecular weight excluding hydrogens is 196 g/mol. The summed E-state index contributed by atoms with van der Waals surface area (Å²) in [7, 11) is 0. The van der Waals surface area contributed by atoms with Crippen molar-refractivity contribution in [1.82, 2.24) is 0 Å². The van der Waals surface area contributed by atoms with E-state index >= 15 is 0 Å². The van der Waals surface area contributed by atoms with Crippen LogP contribution in [0, 0.1) is 11.3 Å². The lowest BCUT2D eigenvalue weighted by molar-refractivity contribution is 0.0947. The van der Waals surface area contributed by atoms with Crippen molar-refractivity contribution in [1.29, 1.82) is 0 Å². The molecule has 0 aromatic heterocycles. The molecule has 1 heteroatoms. The molecule has 1 unspecified atom stereocenters. The van der Waals surface area contributed by atoms with Crippen molar-refractivity contribution in [2.45, 2.75) is 40.5 Å². The van der Waals surface area contributed by atoms with Gasteiger partial charge in [-0.25, -0.2) is 0 Å². The van der Waals surface area contributed by atoms with Crippen molar-refractivity contribution >= 4 is 0 Å². The first kappa shape index (κ1) is 13.2. The van der Waals surface area contributed by atoms with Gasteiger partial charge in [0.2, 0.25) is 0 Å². The lowest BCUT2D eigenvalue weighted by Crippen LogP contribution is -2.30. The summed E-state index contributed by atoms with van der Waals surface area (Å²) in [6, 6.07) is 8.76. The molecule has 0 amide bonds. The minimum Gasteiger partial charge on any atom is -0.396 e. The summed E-state index contributed by atoms with van der Waals surface area (Å²) in [5.41, 5.74) is 2.69. The molecule has 16 heavy (non-hydrogen) atoms. The highest BCUT2D eigenvalue weighted by Crippen LogP contribution is 2.30. The lowest BCUT2D eigenvalue weighted by atomic mass is 9.75. The second kappa shape index (κ2) is 5.49. The van der Waals surface area contributed by atoms with Crippen LogP contribution in [-0.2, 0) is 12.8 Å². The van der Waals surface area contributed by atoms with Gasteiger partial charge in [-0.05, 0) is 35.3 Å². The van der Waals surface area contributed by atoms with E-state index in [9.17, 15) is 5.11 Å². The summed E-state index contributed by atoms with van der Waals surface area (Å²) in [5.74, 6) is 0.489. The van der Waals surface area contributed by atoms with Gasteiger partial charge in [-0.2, -0.15) is 0 Å². The molecule has 0 heterocycles. The highest BCUT2D eigenvalue weighted by molar-refractivity contribution is 5.23. The van der Waals surface area contributed by atoms with Crippen LogP contribution < -0.4 is 0 Å². The van der Waals surface area contributed by atoms with E-state index in [1.165, 1.54) is 11.1 Å². The average Bonchev–Trinajstić information content (AvgIpc) is 2.29. The number of hydrogen-bond acceptors (Lipinski definition) is 1. The Morgan fingerprint density at radius 3 is 2.00 bits per heavy atom. The molecule has 1 aromatic rings. The smallest absolute Gasteiger partial charge is 0.0490 e. The van der Waals surface area contributed by atoms with Gasteiger partial charge < -0.3 is 5.11 Å². The Morgan fingerprint density at radius 1 is 1.12 bits per heavy atom. The molecular formula is C15H24O. The maximum Gasteiger partial charge on any atom is 0.0490 e. The minimum absolute atomic E-state index is 0.00622. The topological polar surface area (TPSA) is 20.2 Å². The Morgan fingerprint density at radius 2 is 1.62 bits per heavy atom. The van der Waals surface area contributed by atoms with Gasteiger partial charge in [-0.1, -0.05) is 52.0 Å². The van der Waals surface area contributed by atoms with Crippen LogP contribution >= 0.6 is 0 Å². The summed E-state index contributed by atoms with van der Waals surface area (Å²) in [4.78, 5) is 0. The third kappa shape index (κ3) is 3.08. The van der Waals surface area contributed by atoms with Crippen LogP contribution in [0.15, 0.2) is 24.3 Å². The van der Waals surface area contributed by atoms with Crippen LogP contribution in [0.1, 0.15) is 38.8 Å². The van der Waals surface area contributed by atoms with Gasteiger partial charge in [-0.3, -0.25) is 0 Å². The Balaban J connectivity index is 2.78. The number of rotatable bonds is 5. The van der Waals surface area contributed by atoms with Crippen LogP contribution in [-0.4, -0.2) is 11.7 Å². The van der Waals surface area contributed by atoms with E-state index in [1.54, 1.807) is 0 Å². The molecule has 0 spiro atoms. The van der Waals surface area contributed by atoms with E-state index in [0.29, 0.717) is 5.92 Å².